The number of nitrogens with zero attached hydrogens (tertiary/aromatic N) is 5. The van der Waals surface area contributed by atoms with Crippen LogP contribution in [0, 0.1) is 24.0 Å². The predicted octanol–water partition coefficient (Wildman–Crippen LogP) is 2.03. The number of aromatic nitrogens is 2. The Bertz CT molecular complexity index is 967. The Morgan fingerprint density at radius 2 is 1.89 bits per heavy atom. The third kappa shape index (κ3) is 3.98. The van der Waals surface area contributed by atoms with Crippen molar-refractivity contribution in [3.63, 3.8) is 0 Å². The second kappa shape index (κ2) is 7.55. The lowest BCUT2D eigenvalue weighted by atomic mass is 10.3. The maximum atomic E-state index is 12.7. The van der Waals surface area contributed by atoms with E-state index in [1.165, 1.54) is 16.4 Å². The highest BCUT2D eigenvalue weighted by Crippen LogP contribution is 2.23. The van der Waals surface area contributed by atoms with E-state index in [0.717, 1.165) is 0 Å². The zero-order chi connectivity index (χ0) is 19.8. The van der Waals surface area contributed by atoms with Crippen LogP contribution in [0.3, 0.4) is 0 Å². The van der Waals surface area contributed by atoms with Gasteiger partial charge < -0.3 is 0 Å². The summed E-state index contributed by atoms with van der Waals surface area (Å²) in [4.78, 5) is 12.9. The summed E-state index contributed by atoms with van der Waals surface area (Å²) < 4.78 is 28.5. The summed E-state index contributed by atoms with van der Waals surface area (Å²) in [6, 6.07) is 6.22. The van der Waals surface area contributed by atoms with Crippen LogP contribution >= 0.6 is 11.6 Å². The number of hydrogen-bond acceptors (Lipinski definition) is 6. The molecule has 1 saturated heterocycles. The molecule has 1 aliphatic rings. The van der Waals surface area contributed by atoms with E-state index in [0.29, 0.717) is 49.3 Å². The number of benzene rings is 1. The third-order valence-electron chi connectivity index (χ3n) is 4.62. The minimum absolute atomic E-state index is 0.0252. The van der Waals surface area contributed by atoms with Gasteiger partial charge in [0.2, 0.25) is 10.0 Å². The zero-order valence-corrected chi connectivity index (χ0v) is 16.6. The molecule has 1 aromatic heterocycles. The zero-order valence-electron chi connectivity index (χ0n) is 15.0. The Hall–Kier alpha value is -2.01. The van der Waals surface area contributed by atoms with Crippen LogP contribution in [0.1, 0.15) is 11.4 Å². The lowest BCUT2D eigenvalue weighted by Gasteiger charge is -2.33. The molecule has 2 heterocycles. The monoisotopic (exact) mass is 413 g/mol. The van der Waals surface area contributed by atoms with Crippen molar-refractivity contribution < 1.29 is 13.3 Å². The van der Waals surface area contributed by atoms with Gasteiger partial charge in [0.1, 0.15) is 11.4 Å². The molecule has 9 nitrogen and oxygen atoms in total. The molecule has 0 saturated carbocycles. The number of sulfonamides is 1. The summed E-state index contributed by atoms with van der Waals surface area (Å²) >= 11 is 5.91. The van der Waals surface area contributed by atoms with E-state index < -0.39 is 14.9 Å². The number of nitro groups is 1. The highest BCUT2D eigenvalue weighted by molar-refractivity contribution is 7.89. The van der Waals surface area contributed by atoms with Gasteiger partial charge in [0, 0.05) is 31.2 Å². The van der Waals surface area contributed by atoms with Crippen LogP contribution in [0.2, 0.25) is 5.02 Å². The molecule has 1 aliphatic heterocycles. The van der Waals surface area contributed by atoms with Crippen molar-refractivity contribution in [2.45, 2.75) is 25.4 Å². The van der Waals surface area contributed by atoms with Crippen molar-refractivity contribution in [2.75, 3.05) is 26.2 Å². The molecule has 146 valence electrons. The lowest BCUT2D eigenvalue weighted by Crippen LogP contribution is -2.49. The maximum Gasteiger partial charge on any atom is 0.312 e. The molecule has 0 bridgehead atoms. The Morgan fingerprint density at radius 1 is 1.22 bits per heavy atom. The van der Waals surface area contributed by atoms with E-state index in [2.05, 4.69) is 5.10 Å². The number of rotatable bonds is 5. The van der Waals surface area contributed by atoms with Gasteiger partial charge in [-0.2, -0.15) is 9.40 Å². The number of hydrogen-bond donors (Lipinski definition) is 0. The SMILES string of the molecule is Cc1nn(CN2CCN(S(=O)(=O)c3cccc(Cl)c3)CC2)c(C)c1[N+](=O)[O-]. The van der Waals surface area contributed by atoms with Crippen molar-refractivity contribution in [1.82, 2.24) is 19.0 Å². The summed E-state index contributed by atoms with van der Waals surface area (Å²) in [6.45, 7) is 5.32. The minimum atomic E-state index is -3.59. The fourth-order valence-electron chi connectivity index (χ4n) is 3.17. The first kappa shape index (κ1) is 19.7. The van der Waals surface area contributed by atoms with Gasteiger partial charge >= 0.3 is 5.69 Å². The van der Waals surface area contributed by atoms with Crippen LogP contribution in [-0.2, 0) is 16.7 Å². The molecule has 11 heteroatoms. The van der Waals surface area contributed by atoms with Gasteiger partial charge in [0.15, 0.2) is 0 Å². The molecular formula is C16H20ClN5O4S. The molecule has 27 heavy (non-hydrogen) atoms. The Balaban J connectivity index is 1.68. The van der Waals surface area contributed by atoms with Gasteiger partial charge in [0.05, 0.1) is 16.5 Å². The van der Waals surface area contributed by atoms with E-state index >= 15 is 0 Å². The first-order valence-corrected chi connectivity index (χ1v) is 10.2. The molecule has 0 N–H and O–H groups in total. The average molecular weight is 414 g/mol. The lowest BCUT2D eigenvalue weighted by molar-refractivity contribution is -0.386. The topological polar surface area (TPSA) is 102 Å². The molecule has 1 fully saturated rings. The minimum Gasteiger partial charge on any atom is -0.282 e. The van der Waals surface area contributed by atoms with E-state index in [9.17, 15) is 18.5 Å². The Kier molecular flexibility index (Phi) is 5.52. The van der Waals surface area contributed by atoms with Crippen molar-refractivity contribution in [2.24, 2.45) is 0 Å². The van der Waals surface area contributed by atoms with Gasteiger partial charge in [-0.15, -0.1) is 0 Å². The summed E-state index contributed by atoms with van der Waals surface area (Å²) in [5, 5.41) is 15.7. The smallest absolute Gasteiger partial charge is 0.282 e. The fraction of sp³-hybridized carbons (Fsp3) is 0.438. The highest BCUT2D eigenvalue weighted by atomic mass is 35.5. The molecule has 0 unspecified atom stereocenters. The first-order chi connectivity index (χ1) is 12.7. The number of piperazine rings is 1. The molecule has 0 amide bonds. The summed E-state index contributed by atoms with van der Waals surface area (Å²) in [6.07, 6.45) is 0. The first-order valence-electron chi connectivity index (χ1n) is 8.36. The molecule has 0 aliphatic carbocycles. The average Bonchev–Trinajstić information content (AvgIpc) is 2.89. The maximum absolute atomic E-state index is 12.7. The van der Waals surface area contributed by atoms with Gasteiger partial charge in [-0.05, 0) is 32.0 Å². The number of aryl methyl sites for hydroxylation is 1. The standard InChI is InChI=1S/C16H20ClN5O4S/c1-12-16(22(23)24)13(2)21(18-12)11-19-6-8-20(9-7-19)27(25,26)15-5-3-4-14(17)10-15/h3-5,10H,6-9,11H2,1-2H3. The molecule has 0 radical (unpaired) electrons. The van der Waals surface area contributed by atoms with Crippen molar-refractivity contribution in [3.8, 4) is 0 Å². The second-order valence-corrected chi connectivity index (χ2v) is 8.77. The van der Waals surface area contributed by atoms with Crippen LogP contribution in [0.15, 0.2) is 29.2 Å². The van der Waals surface area contributed by atoms with Crippen LogP contribution in [-0.4, -0.2) is 58.5 Å². The normalized spacial score (nSPS) is 16.6. The fourth-order valence-corrected chi connectivity index (χ4v) is 4.89. The van der Waals surface area contributed by atoms with Gasteiger partial charge in [-0.25, -0.2) is 13.1 Å². The summed E-state index contributed by atoms with van der Waals surface area (Å²) in [5.41, 5.74) is 0.892. The third-order valence-corrected chi connectivity index (χ3v) is 6.75. The van der Waals surface area contributed by atoms with E-state index in [1.54, 1.807) is 30.7 Å². The summed E-state index contributed by atoms with van der Waals surface area (Å²) in [7, 11) is -3.59. The largest absolute Gasteiger partial charge is 0.312 e. The van der Waals surface area contributed by atoms with Gasteiger partial charge in [-0.3, -0.25) is 15.0 Å². The molecule has 0 spiro atoms. The van der Waals surface area contributed by atoms with Crippen LogP contribution in [0.25, 0.3) is 0 Å². The molecule has 2 aromatic rings. The van der Waals surface area contributed by atoms with Crippen LogP contribution in [0.5, 0.6) is 0 Å². The Morgan fingerprint density at radius 3 is 2.44 bits per heavy atom. The quantitative estimate of drug-likeness (QED) is 0.549. The molecule has 3 rings (SSSR count). The molecule has 0 atom stereocenters. The molecular weight excluding hydrogens is 394 g/mol. The Labute approximate surface area is 162 Å². The predicted molar refractivity (Wildman–Crippen MR) is 100 cm³/mol. The van der Waals surface area contributed by atoms with E-state index in [1.807, 2.05) is 4.90 Å². The summed E-state index contributed by atoms with van der Waals surface area (Å²) in [5.74, 6) is 0. The van der Waals surface area contributed by atoms with Gasteiger partial charge in [0.25, 0.3) is 0 Å². The van der Waals surface area contributed by atoms with Crippen molar-refractivity contribution in [3.05, 3.63) is 50.8 Å². The highest BCUT2D eigenvalue weighted by Gasteiger charge is 2.29. The van der Waals surface area contributed by atoms with Crippen molar-refractivity contribution in [1.29, 1.82) is 0 Å². The second-order valence-electron chi connectivity index (χ2n) is 6.40. The van der Waals surface area contributed by atoms with Crippen molar-refractivity contribution >= 4 is 27.3 Å². The van der Waals surface area contributed by atoms with E-state index in [4.69, 9.17) is 11.6 Å². The molecule has 1 aromatic carbocycles. The van der Waals surface area contributed by atoms with Crippen LogP contribution < -0.4 is 0 Å². The number of halogens is 1. The van der Waals surface area contributed by atoms with E-state index in [-0.39, 0.29) is 10.6 Å². The van der Waals surface area contributed by atoms with Crippen LogP contribution in [0.4, 0.5) is 5.69 Å². The van der Waals surface area contributed by atoms with Gasteiger partial charge in [-0.1, -0.05) is 17.7 Å².